The van der Waals surface area contributed by atoms with Crippen LogP contribution in [0.1, 0.15) is 0 Å². The Labute approximate surface area is 393 Å². The SMILES string of the molecule is c1ccc(N(c2ccc3c(c2)Sc2ccccc2S3)c2cc(N(c3ccc4c(c3)Oc3ccccc3O4)c3ccc4c(c3)Oc3ccccc3O4)c3oc4ccc5ccccc5c4c3c2)cc1. The van der Waals surface area contributed by atoms with Gasteiger partial charge in [-0.2, -0.15) is 0 Å². The van der Waals surface area contributed by atoms with E-state index in [0.29, 0.717) is 46.0 Å². The first-order valence-electron chi connectivity index (χ1n) is 21.9. The predicted octanol–water partition coefficient (Wildman–Crippen LogP) is 18.1. The molecule has 4 heterocycles. The lowest BCUT2D eigenvalue weighted by Crippen LogP contribution is -2.14. The van der Waals surface area contributed by atoms with Gasteiger partial charge < -0.3 is 33.2 Å². The molecular formula is C58H34N2O5S2. The van der Waals surface area contributed by atoms with Gasteiger partial charge >= 0.3 is 0 Å². The number of rotatable bonds is 6. The van der Waals surface area contributed by atoms with Gasteiger partial charge in [-0.1, -0.05) is 108 Å². The Morgan fingerprint density at radius 3 is 1.51 bits per heavy atom. The quantitative estimate of drug-likeness (QED) is 0.162. The van der Waals surface area contributed by atoms with Crippen molar-refractivity contribution < 1.29 is 23.4 Å². The molecule has 0 saturated carbocycles. The van der Waals surface area contributed by atoms with Gasteiger partial charge in [0.1, 0.15) is 5.58 Å². The van der Waals surface area contributed by atoms with Crippen LogP contribution in [0.2, 0.25) is 0 Å². The highest BCUT2D eigenvalue weighted by Gasteiger charge is 2.29. The standard InChI is InChI=1S/C58H34N2O5S2/c1-2-13-36(14-3-1)59(39-25-29-55-56(34-39)67-54-21-11-10-20-53(54)66-55)40-30-42-57-41-15-5-4-12-35(41)22-26-50(57)65-58(42)43(31-40)60(37-23-27-48-51(32-37)63-46-18-8-6-16-44(46)61-48)38-24-28-49-52(33-38)64-47-19-9-7-17-45(47)62-49/h1-34H. The number of hydrogen-bond donors (Lipinski definition) is 0. The van der Waals surface area contributed by atoms with Crippen LogP contribution < -0.4 is 28.7 Å². The number of ether oxygens (including phenoxy) is 4. The van der Waals surface area contributed by atoms with Crippen LogP contribution in [0, 0.1) is 0 Å². The molecule has 3 aliphatic heterocycles. The molecule has 318 valence electrons. The lowest BCUT2D eigenvalue weighted by molar-refractivity contribution is 0.359. The summed E-state index contributed by atoms with van der Waals surface area (Å²) in [6, 6.07) is 70.8. The van der Waals surface area contributed by atoms with Crippen molar-refractivity contribution in [2.45, 2.75) is 19.6 Å². The molecule has 0 N–H and O–H groups in total. The highest BCUT2D eigenvalue weighted by Crippen LogP contribution is 2.55. The summed E-state index contributed by atoms with van der Waals surface area (Å²) in [5, 5.41) is 4.25. The van der Waals surface area contributed by atoms with Gasteiger partial charge in [0.2, 0.25) is 0 Å². The van der Waals surface area contributed by atoms with E-state index in [1.807, 2.05) is 96.3 Å². The molecule has 0 aliphatic carbocycles. The fraction of sp³-hybridized carbons (Fsp3) is 0. The van der Waals surface area contributed by atoms with E-state index >= 15 is 0 Å². The van der Waals surface area contributed by atoms with Crippen LogP contribution >= 0.6 is 23.5 Å². The minimum absolute atomic E-state index is 0.590. The van der Waals surface area contributed by atoms with Gasteiger partial charge in [-0.25, -0.2) is 0 Å². The number of hydrogen-bond acceptors (Lipinski definition) is 9. The van der Waals surface area contributed by atoms with Crippen molar-refractivity contribution in [3.05, 3.63) is 206 Å². The second-order valence-corrected chi connectivity index (χ2v) is 18.6. The lowest BCUT2D eigenvalue weighted by atomic mass is 10.0. The molecule has 14 rings (SSSR count). The second kappa shape index (κ2) is 15.2. The van der Waals surface area contributed by atoms with Crippen LogP contribution in [0.15, 0.2) is 230 Å². The lowest BCUT2D eigenvalue weighted by Gasteiger charge is -2.31. The molecular weight excluding hydrogens is 869 g/mol. The van der Waals surface area contributed by atoms with Gasteiger partial charge in [0.25, 0.3) is 0 Å². The Hall–Kier alpha value is -8.24. The maximum absolute atomic E-state index is 7.11. The molecule has 0 bridgehead atoms. The van der Waals surface area contributed by atoms with Crippen molar-refractivity contribution >= 4 is 90.4 Å². The van der Waals surface area contributed by atoms with Crippen LogP contribution in [0.4, 0.5) is 34.1 Å². The normalized spacial score (nSPS) is 12.8. The molecule has 1 aromatic heterocycles. The Kier molecular flexibility index (Phi) is 8.62. The highest BCUT2D eigenvalue weighted by molar-refractivity contribution is 8.05. The zero-order valence-electron chi connectivity index (χ0n) is 35.4. The smallest absolute Gasteiger partial charge is 0.172 e. The number of benzene rings is 10. The largest absolute Gasteiger partial charge is 0.454 e. The van der Waals surface area contributed by atoms with Crippen molar-refractivity contribution in [2.75, 3.05) is 9.80 Å². The van der Waals surface area contributed by atoms with Gasteiger partial charge in [0.15, 0.2) is 51.6 Å². The maximum Gasteiger partial charge on any atom is 0.172 e. The molecule has 7 nitrogen and oxygen atoms in total. The molecule has 11 aromatic rings. The molecule has 0 atom stereocenters. The third-order valence-electron chi connectivity index (χ3n) is 12.4. The van der Waals surface area contributed by atoms with E-state index in [2.05, 4.69) is 143 Å². The summed E-state index contributed by atoms with van der Waals surface area (Å²) in [6.07, 6.45) is 0. The van der Waals surface area contributed by atoms with Gasteiger partial charge in [0, 0.05) is 59.5 Å². The van der Waals surface area contributed by atoms with Crippen molar-refractivity contribution in [3.8, 4) is 46.0 Å². The summed E-state index contributed by atoms with van der Waals surface area (Å²) >= 11 is 3.63. The van der Waals surface area contributed by atoms with E-state index < -0.39 is 0 Å². The summed E-state index contributed by atoms with van der Waals surface area (Å²) in [6.45, 7) is 0. The van der Waals surface area contributed by atoms with E-state index in [0.717, 1.165) is 66.8 Å². The minimum Gasteiger partial charge on any atom is -0.454 e. The molecule has 0 fully saturated rings. The number of fused-ring (bicyclic) bond motifs is 11. The summed E-state index contributed by atoms with van der Waals surface area (Å²) in [5.41, 5.74) is 6.93. The van der Waals surface area contributed by atoms with Crippen molar-refractivity contribution in [1.29, 1.82) is 0 Å². The second-order valence-electron chi connectivity index (χ2n) is 16.5. The number of nitrogens with zero attached hydrogens (tertiary/aromatic N) is 2. The Balaban J connectivity index is 1.03. The van der Waals surface area contributed by atoms with Crippen molar-refractivity contribution in [1.82, 2.24) is 0 Å². The summed E-state index contributed by atoms with van der Waals surface area (Å²) in [7, 11) is 0. The summed E-state index contributed by atoms with van der Waals surface area (Å²) in [4.78, 5) is 9.53. The van der Waals surface area contributed by atoms with Crippen LogP contribution in [0.5, 0.6) is 46.0 Å². The fourth-order valence-corrected chi connectivity index (χ4v) is 11.6. The van der Waals surface area contributed by atoms with E-state index in [1.54, 1.807) is 0 Å². The zero-order chi connectivity index (χ0) is 44.0. The number of para-hydroxylation sites is 5. The van der Waals surface area contributed by atoms with Crippen molar-refractivity contribution in [2.24, 2.45) is 0 Å². The van der Waals surface area contributed by atoms with Gasteiger partial charge in [-0.3, -0.25) is 0 Å². The Morgan fingerprint density at radius 1 is 0.313 bits per heavy atom. The average molecular weight is 903 g/mol. The zero-order valence-corrected chi connectivity index (χ0v) is 37.0. The fourth-order valence-electron chi connectivity index (χ4n) is 9.33. The maximum atomic E-state index is 7.11. The Bertz CT molecular complexity index is 3720. The highest BCUT2D eigenvalue weighted by atomic mass is 32.2. The molecule has 0 saturated heterocycles. The van der Waals surface area contributed by atoms with E-state index in [-0.39, 0.29) is 0 Å². The van der Waals surface area contributed by atoms with Crippen LogP contribution in [-0.4, -0.2) is 0 Å². The van der Waals surface area contributed by atoms with Crippen LogP contribution in [0.25, 0.3) is 32.7 Å². The first-order chi connectivity index (χ1) is 33.1. The number of anilines is 6. The van der Waals surface area contributed by atoms with E-state index in [1.165, 1.54) is 19.6 Å². The average Bonchev–Trinajstić information content (AvgIpc) is 3.77. The molecule has 10 aromatic carbocycles. The molecule has 0 spiro atoms. The molecule has 3 aliphatic rings. The van der Waals surface area contributed by atoms with E-state index in [4.69, 9.17) is 23.4 Å². The third kappa shape index (κ3) is 6.38. The summed E-state index contributed by atoms with van der Waals surface area (Å²) in [5.74, 6) is 5.05. The van der Waals surface area contributed by atoms with Crippen LogP contribution in [0.3, 0.4) is 0 Å². The van der Waals surface area contributed by atoms with Gasteiger partial charge in [0.05, 0.1) is 17.1 Å². The van der Waals surface area contributed by atoms with Gasteiger partial charge in [-0.05, 0) is 120 Å². The predicted molar refractivity (Wildman–Crippen MR) is 268 cm³/mol. The minimum atomic E-state index is 0.590. The van der Waals surface area contributed by atoms with Gasteiger partial charge in [-0.15, -0.1) is 0 Å². The first kappa shape index (κ1) is 38.1. The molecule has 0 radical (unpaired) electrons. The topological polar surface area (TPSA) is 56.5 Å². The molecule has 0 unspecified atom stereocenters. The molecule has 67 heavy (non-hydrogen) atoms. The monoisotopic (exact) mass is 902 g/mol. The van der Waals surface area contributed by atoms with Crippen LogP contribution in [-0.2, 0) is 0 Å². The van der Waals surface area contributed by atoms with E-state index in [9.17, 15) is 0 Å². The number of furan rings is 1. The molecule has 0 amide bonds. The van der Waals surface area contributed by atoms with Crippen molar-refractivity contribution in [3.63, 3.8) is 0 Å². The first-order valence-corrected chi connectivity index (χ1v) is 23.6. The summed E-state index contributed by atoms with van der Waals surface area (Å²) < 4.78 is 33.0. The third-order valence-corrected chi connectivity index (χ3v) is 14.9. The Morgan fingerprint density at radius 2 is 0.836 bits per heavy atom. The molecule has 9 heteroatoms.